The maximum absolute atomic E-state index is 13.3. The van der Waals surface area contributed by atoms with Crippen molar-refractivity contribution in [2.75, 3.05) is 19.8 Å². The van der Waals surface area contributed by atoms with Gasteiger partial charge in [-0.25, -0.2) is 0 Å². The van der Waals surface area contributed by atoms with E-state index in [1.807, 2.05) is 282 Å². The smallest absolute Gasteiger partial charge is 0.323 e. The first-order valence-electron chi connectivity index (χ1n) is 51.9. The molecule has 3 aliphatic rings. The summed E-state index contributed by atoms with van der Waals surface area (Å²) in [6, 6.07) is 64.7. The summed E-state index contributed by atoms with van der Waals surface area (Å²) in [5.41, 5.74) is 22.4. The van der Waals surface area contributed by atoms with Gasteiger partial charge in [0.1, 0.15) is 59.2 Å². The fraction of sp³-hybridized carbons (Fsp3) is 0.549. The molecule has 0 bridgehead atoms. The molecule has 25 nitrogen and oxygen atoms in total. The average molecular weight is 2040 g/mol. The van der Waals surface area contributed by atoms with Gasteiger partial charge in [-0.15, -0.1) is 0 Å². The third-order valence-corrected chi connectivity index (χ3v) is 25.6. The van der Waals surface area contributed by atoms with Gasteiger partial charge in [0, 0.05) is 55.3 Å². The van der Waals surface area contributed by atoms with Gasteiger partial charge in [-0.1, -0.05) is 371 Å². The lowest BCUT2D eigenvalue weighted by molar-refractivity contribution is -0.151. The Balaban J connectivity index is 0.000000880. The molecule has 2 amide bonds. The largest absolute Gasteiger partial charge is 0.481 e. The molecule has 0 aliphatic carbocycles. The molecule has 814 valence electrons. The number of hydrogen-bond donors (Lipinski definition) is 7. The standard InChI is InChI=1S/C25H37NO4.C24H36N2O4.C23H28O3.C16H17NO2.C16H22O3.C9H17NO2.C6H12O2.3CH4/c1-6-10-18(4)22(27)15-20(14-19-11-8-7-9-12-19)24(29)26-21(13-17(2)3)23(28)25(5)16-30-25;1-5-9-19(25)21(27)14-18(13-17-10-7-6-8-11-17)23(29)26-20(12-16(2)3)22(28)24(4)15-30-24;1-3-10-18(2)22(24)16-21(15-19-11-6-4-7-12-19)23(25)26-17-20-13-8-5-9-14-20;17-15(11-13-7-3-1-4-8-13)16(18)19-12-14-9-5-2-6-10-14;1-3-7-12(2)15(17)11-14(16(18)19)10-13-8-5-4-6-9-13;1-6(2)4-7(10)8(11)9(3)5-12-9;1-3-4-5(2)6(7)8;;;/h7-9,11-12,17-18,20-21H,6,10,13-16H2,1-5H3,(H,26,29);6-8,10-11,16,18-20H,5,9,12-15,25H2,1-4H3,(H,26,29);4-9,11-14,18,21H,3,10,15-17H2,1-2H3;1-10,15H,11-12,17H2;4-6,8-9,12,14H,3,7,10-11H2,1-2H3,(H,18,19);6-7H,4-5,10H2,1-3H3;5H,3-4H2,1-2H3,(H,7,8);3*1H4/t18-,20+,21-,25+;18-,19+,20+,24-;18-,21+;15-;12-,14+;7-,9+;5-;;;/m0100000.../s1. The van der Waals surface area contributed by atoms with Crippen LogP contribution in [0.1, 0.15) is 295 Å². The van der Waals surface area contributed by atoms with E-state index in [2.05, 4.69) is 38.3 Å². The molecule has 10 rings (SSSR count). The van der Waals surface area contributed by atoms with Crippen molar-refractivity contribution in [3.8, 4) is 0 Å². The highest BCUT2D eigenvalue weighted by Gasteiger charge is 2.52. The molecule has 7 aromatic carbocycles. The van der Waals surface area contributed by atoms with Crippen LogP contribution >= 0.6 is 0 Å². The molecule has 0 aromatic heterocycles. The van der Waals surface area contributed by atoms with Crippen molar-refractivity contribution >= 4 is 76.2 Å². The summed E-state index contributed by atoms with van der Waals surface area (Å²) in [6.07, 6.45) is 13.3. The number of carbonyl (C=O) groups excluding carboxylic acids is 11. The van der Waals surface area contributed by atoms with E-state index in [-0.39, 0.29) is 167 Å². The van der Waals surface area contributed by atoms with Crippen LogP contribution in [0.15, 0.2) is 212 Å². The second-order valence-electron chi connectivity index (χ2n) is 40.8. The number of carbonyl (C=O) groups is 13. The first-order chi connectivity index (χ1) is 68.3. The maximum Gasteiger partial charge on any atom is 0.323 e. The normalized spacial score (nSPS) is 17.4. The lowest BCUT2D eigenvalue weighted by atomic mass is 9.87. The number of epoxide rings is 3. The van der Waals surface area contributed by atoms with E-state index < -0.39 is 76.6 Å². The van der Waals surface area contributed by atoms with Crippen LogP contribution in [-0.2, 0) is 131 Å². The van der Waals surface area contributed by atoms with Crippen LogP contribution in [0.3, 0.4) is 0 Å². The molecule has 3 heterocycles. The summed E-state index contributed by atoms with van der Waals surface area (Å²) >= 11 is 0. The number of carboxylic acid groups (broad SMARTS) is 2. The fourth-order valence-electron chi connectivity index (χ4n) is 16.2. The van der Waals surface area contributed by atoms with Crippen molar-refractivity contribution in [1.82, 2.24) is 10.6 Å². The van der Waals surface area contributed by atoms with Crippen LogP contribution in [0.4, 0.5) is 0 Å². The summed E-state index contributed by atoms with van der Waals surface area (Å²) < 4.78 is 26.4. The molecular formula is C122H181N5O20. The predicted molar refractivity (Wildman–Crippen MR) is 587 cm³/mol. The molecule has 3 fully saturated rings. The van der Waals surface area contributed by atoms with Crippen molar-refractivity contribution in [3.05, 3.63) is 251 Å². The van der Waals surface area contributed by atoms with Crippen LogP contribution in [0, 0.1) is 65.1 Å². The van der Waals surface area contributed by atoms with Gasteiger partial charge >= 0.3 is 23.9 Å². The molecule has 25 heteroatoms. The Morgan fingerprint density at radius 2 is 0.558 bits per heavy atom. The monoisotopic (exact) mass is 2040 g/mol. The molecule has 3 aliphatic heterocycles. The van der Waals surface area contributed by atoms with Crippen molar-refractivity contribution in [1.29, 1.82) is 0 Å². The first-order valence-corrected chi connectivity index (χ1v) is 51.9. The van der Waals surface area contributed by atoms with Gasteiger partial charge in [0.25, 0.3) is 0 Å². The van der Waals surface area contributed by atoms with E-state index in [1.165, 1.54) is 0 Å². The Morgan fingerprint density at radius 1 is 0.306 bits per heavy atom. The van der Waals surface area contributed by atoms with E-state index in [0.29, 0.717) is 77.1 Å². The summed E-state index contributed by atoms with van der Waals surface area (Å²) in [5, 5.41) is 23.5. The molecule has 0 spiro atoms. The highest BCUT2D eigenvalue weighted by atomic mass is 16.6. The number of aliphatic carboxylic acids is 2. The van der Waals surface area contributed by atoms with Gasteiger partial charge in [0.2, 0.25) is 11.8 Å². The van der Waals surface area contributed by atoms with Crippen LogP contribution in [-0.4, -0.2) is 153 Å². The van der Waals surface area contributed by atoms with Crippen LogP contribution in [0.25, 0.3) is 0 Å². The third-order valence-electron chi connectivity index (χ3n) is 25.6. The quantitative estimate of drug-likeness (QED) is 0.0137. The Labute approximate surface area is 879 Å². The van der Waals surface area contributed by atoms with E-state index in [4.69, 9.17) is 46.0 Å². The van der Waals surface area contributed by atoms with Gasteiger partial charge < -0.3 is 61.7 Å². The highest BCUT2D eigenvalue weighted by Crippen LogP contribution is 2.34. The minimum Gasteiger partial charge on any atom is -0.481 e. The molecule has 147 heavy (non-hydrogen) atoms. The minimum atomic E-state index is -0.888. The van der Waals surface area contributed by atoms with Crippen LogP contribution in [0.5, 0.6) is 0 Å². The number of hydrogen-bond acceptors (Lipinski definition) is 21. The van der Waals surface area contributed by atoms with Crippen LogP contribution < -0.4 is 27.8 Å². The van der Waals surface area contributed by atoms with E-state index in [1.54, 1.807) is 27.7 Å². The lowest BCUT2D eigenvalue weighted by Crippen LogP contribution is -2.49. The number of esters is 2. The number of carboxylic acids is 2. The highest BCUT2D eigenvalue weighted by molar-refractivity contribution is 5.99. The SMILES string of the molecule is C.C.C.CC(C)C[C@H](N)C(=O)[C@@]1(C)CO1.CCC[C@H](C)C(=O)C[C@@H](Cc1ccccc1)C(=O)N[C@@H](CC(C)C)C(=O)[C@@]1(C)CO1.CCC[C@H](C)C(=O)C[C@@H](Cc1ccccc1)C(=O)O.CCC[C@H](C)C(=O)C[C@@H](Cc1ccccc1)C(=O)OCc1ccccc1.CCC[C@H](C)C(=O)O.CCC[C@H](N)C(=O)C[C@@H](Cc1ccccc1)C(=O)N[C@@H](CC(C)C)C(=O)[C@@]1(C)CO1.N[C@@H](Cc1ccccc1)C(=O)OCc1ccccc1. The summed E-state index contributed by atoms with van der Waals surface area (Å²) in [6.45, 7) is 37.0. The summed E-state index contributed by atoms with van der Waals surface area (Å²) in [4.78, 5) is 159. The third kappa shape index (κ3) is 53.5. The average Bonchev–Trinajstić information content (AvgIpc) is 1.65. The predicted octanol–water partition coefficient (Wildman–Crippen LogP) is 21.7. The van der Waals surface area contributed by atoms with E-state index >= 15 is 0 Å². The summed E-state index contributed by atoms with van der Waals surface area (Å²) in [7, 11) is 0. The van der Waals surface area contributed by atoms with Crippen molar-refractivity contribution < 1.29 is 96.2 Å². The Hall–Kier alpha value is -11.2. The summed E-state index contributed by atoms with van der Waals surface area (Å²) in [5.74, 6) is -4.12. The molecule has 7 aromatic rings. The number of rotatable bonds is 56. The van der Waals surface area contributed by atoms with E-state index in [9.17, 15) is 67.4 Å². The zero-order valence-corrected chi connectivity index (χ0v) is 89.0. The maximum atomic E-state index is 13.3. The molecule has 0 unspecified atom stereocenters. The second kappa shape index (κ2) is 71.4. The Morgan fingerprint density at radius 3 is 0.837 bits per heavy atom. The zero-order chi connectivity index (χ0) is 107. The fourth-order valence-corrected chi connectivity index (χ4v) is 16.2. The van der Waals surface area contributed by atoms with Gasteiger partial charge in [-0.2, -0.15) is 0 Å². The Bertz CT molecular complexity index is 4830. The van der Waals surface area contributed by atoms with Crippen LogP contribution in [0.2, 0.25) is 0 Å². The Kier molecular flexibility index (Phi) is 65.0. The number of amides is 2. The minimum absolute atomic E-state index is 0. The molecular weight excluding hydrogens is 1860 g/mol. The number of ether oxygens (including phenoxy) is 5. The molecule has 10 N–H and O–H groups in total. The van der Waals surface area contributed by atoms with Gasteiger partial charge in [-0.3, -0.25) is 62.3 Å². The number of ketones is 7. The van der Waals surface area contributed by atoms with Gasteiger partial charge in [0.15, 0.2) is 17.3 Å². The first kappa shape index (κ1) is 134. The number of Topliss-reactive ketones (excluding diaryl/α,β-unsaturated/α-hetero) is 7. The molecule has 3 saturated heterocycles. The topological polar surface area (TPSA) is 421 Å². The van der Waals surface area contributed by atoms with Crippen molar-refractivity contribution in [2.45, 2.75) is 348 Å². The van der Waals surface area contributed by atoms with Gasteiger partial charge in [-0.05, 0) is 161 Å². The molecule has 0 radical (unpaired) electrons. The molecule has 0 saturated carbocycles. The van der Waals surface area contributed by atoms with Gasteiger partial charge in [0.05, 0.1) is 61.7 Å². The second-order valence-corrected chi connectivity index (χ2v) is 40.8. The van der Waals surface area contributed by atoms with Crippen molar-refractivity contribution in [2.24, 2.45) is 82.3 Å². The number of benzene rings is 7. The molecule has 16 atom stereocenters. The lowest BCUT2D eigenvalue weighted by Gasteiger charge is -2.25. The van der Waals surface area contributed by atoms with E-state index in [0.717, 1.165) is 103 Å². The number of nitrogens with two attached hydrogens (primary N) is 3. The van der Waals surface area contributed by atoms with Crippen molar-refractivity contribution in [3.63, 3.8) is 0 Å². The zero-order valence-electron chi connectivity index (χ0n) is 89.0. The number of nitrogens with one attached hydrogen (secondary N) is 2.